The molecule has 0 aromatic carbocycles. The van der Waals surface area contributed by atoms with Crippen molar-refractivity contribution in [3.05, 3.63) is 12.2 Å². The van der Waals surface area contributed by atoms with Gasteiger partial charge in [-0.05, 0) is 44.3 Å². The second kappa shape index (κ2) is 19.2. The Labute approximate surface area is 160 Å². The van der Waals surface area contributed by atoms with E-state index >= 15 is 0 Å². The molecular formula is C20H40N4S. The summed E-state index contributed by atoms with van der Waals surface area (Å²) in [4.78, 5) is 0. The van der Waals surface area contributed by atoms with Crippen molar-refractivity contribution >= 4 is 23.3 Å². The second-order valence-corrected chi connectivity index (χ2v) is 7.14. The summed E-state index contributed by atoms with van der Waals surface area (Å²) < 4.78 is 0. The van der Waals surface area contributed by atoms with Crippen LogP contribution in [0.1, 0.15) is 96.8 Å². The van der Waals surface area contributed by atoms with Crippen LogP contribution in [0.3, 0.4) is 0 Å². The molecule has 4 nitrogen and oxygen atoms in total. The molecule has 146 valence electrons. The van der Waals surface area contributed by atoms with Gasteiger partial charge in [0.05, 0.1) is 0 Å². The molecule has 0 aromatic rings. The smallest absolute Gasteiger partial charge is 0.192 e. The standard InChI is InChI=1S/C20H40N4S/c1-2-3-4-5-6-7-8-9-10-11-12-13-14-15-16-17-18-23-20(25)24-19(21)22/h9-10H,2-8,11-18H2,1H3,(H5,21,22,23,24,25). The number of guanidine groups is 1. The molecule has 0 radical (unpaired) electrons. The fraction of sp³-hybridized carbons (Fsp3) is 0.800. The first kappa shape index (κ1) is 23.9. The van der Waals surface area contributed by atoms with Crippen molar-refractivity contribution in [3.8, 4) is 0 Å². The molecule has 25 heavy (non-hydrogen) atoms. The van der Waals surface area contributed by atoms with Gasteiger partial charge in [-0.25, -0.2) is 0 Å². The molecule has 0 bridgehead atoms. The Balaban J connectivity index is 3.17. The maximum absolute atomic E-state index is 7.06. The monoisotopic (exact) mass is 368 g/mol. The minimum atomic E-state index is -0.112. The lowest BCUT2D eigenvalue weighted by Crippen LogP contribution is -2.42. The van der Waals surface area contributed by atoms with E-state index in [9.17, 15) is 0 Å². The quantitative estimate of drug-likeness (QED) is 0.0970. The summed E-state index contributed by atoms with van der Waals surface area (Å²) in [7, 11) is 0. The third kappa shape index (κ3) is 20.9. The minimum Gasteiger partial charge on any atom is -0.370 e. The zero-order valence-corrected chi connectivity index (χ0v) is 17.1. The summed E-state index contributed by atoms with van der Waals surface area (Å²) in [5.41, 5.74) is 5.20. The molecule has 5 heteroatoms. The SMILES string of the molecule is CCCCCCCCC=CCCCCCCCCNC(=S)NC(=N)N. The van der Waals surface area contributed by atoms with Gasteiger partial charge in [0.2, 0.25) is 0 Å². The average Bonchev–Trinajstić information content (AvgIpc) is 2.57. The Morgan fingerprint density at radius 2 is 1.32 bits per heavy atom. The molecule has 0 saturated carbocycles. The molecule has 0 unspecified atom stereocenters. The summed E-state index contributed by atoms with van der Waals surface area (Å²) in [5.74, 6) is -0.112. The maximum atomic E-state index is 7.06. The molecule has 0 aliphatic heterocycles. The molecule has 0 fully saturated rings. The van der Waals surface area contributed by atoms with Gasteiger partial charge in [0.25, 0.3) is 0 Å². The highest BCUT2D eigenvalue weighted by atomic mass is 32.1. The first-order valence-electron chi connectivity index (χ1n) is 10.2. The lowest BCUT2D eigenvalue weighted by Gasteiger charge is -2.08. The van der Waals surface area contributed by atoms with E-state index in [0.29, 0.717) is 5.11 Å². The normalized spacial score (nSPS) is 10.9. The molecule has 0 amide bonds. The van der Waals surface area contributed by atoms with Crippen molar-refractivity contribution in [2.75, 3.05) is 6.54 Å². The highest BCUT2D eigenvalue weighted by Gasteiger charge is 1.96. The molecule has 0 heterocycles. The Morgan fingerprint density at radius 3 is 1.84 bits per heavy atom. The minimum absolute atomic E-state index is 0.112. The number of hydrogen-bond acceptors (Lipinski definition) is 2. The Bertz CT molecular complexity index is 356. The van der Waals surface area contributed by atoms with Gasteiger partial charge in [0.15, 0.2) is 11.1 Å². The van der Waals surface area contributed by atoms with Crippen LogP contribution in [0.15, 0.2) is 12.2 Å². The summed E-state index contributed by atoms with van der Waals surface area (Å²) >= 11 is 4.99. The van der Waals surface area contributed by atoms with Gasteiger partial charge in [-0.15, -0.1) is 0 Å². The van der Waals surface area contributed by atoms with E-state index in [2.05, 4.69) is 29.7 Å². The first-order valence-corrected chi connectivity index (χ1v) is 10.6. The Hall–Kier alpha value is -1.10. The van der Waals surface area contributed by atoms with Crippen LogP contribution in [0.25, 0.3) is 0 Å². The fourth-order valence-corrected chi connectivity index (χ4v) is 2.95. The van der Waals surface area contributed by atoms with Crippen LogP contribution in [0.2, 0.25) is 0 Å². The summed E-state index contributed by atoms with van der Waals surface area (Å²) in [6.45, 7) is 3.12. The van der Waals surface area contributed by atoms with Crippen molar-refractivity contribution in [1.29, 1.82) is 5.41 Å². The zero-order valence-electron chi connectivity index (χ0n) is 16.2. The van der Waals surface area contributed by atoms with Crippen molar-refractivity contribution in [2.24, 2.45) is 5.73 Å². The predicted molar refractivity (Wildman–Crippen MR) is 115 cm³/mol. The van der Waals surface area contributed by atoms with Gasteiger partial charge in [-0.2, -0.15) is 0 Å². The number of rotatable bonds is 16. The van der Waals surface area contributed by atoms with Crippen molar-refractivity contribution in [3.63, 3.8) is 0 Å². The van der Waals surface area contributed by atoms with Crippen LogP contribution in [0.4, 0.5) is 0 Å². The van der Waals surface area contributed by atoms with E-state index in [1.807, 2.05) is 0 Å². The number of nitrogens with one attached hydrogen (secondary N) is 3. The number of nitrogens with two attached hydrogens (primary N) is 1. The lowest BCUT2D eigenvalue weighted by molar-refractivity contribution is 0.591. The summed E-state index contributed by atoms with van der Waals surface area (Å²) in [6.07, 6.45) is 23.2. The van der Waals surface area contributed by atoms with Crippen LogP contribution in [-0.4, -0.2) is 17.6 Å². The summed E-state index contributed by atoms with van der Waals surface area (Å²) in [5, 5.41) is 13.1. The third-order valence-corrected chi connectivity index (χ3v) is 4.47. The predicted octanol–water partition coefficient (Wildman–Crippen LogP) is 5.38. The van der Waals surface area contributed by atoms with Crippen molar-refractivity contribution < 1.29 is 0 Å². The number of hydrogen-bond donors (Lipinski definition) is 4. The van der Waals surface area contributed by atoms with Gasteiger partial charge >= 0.3 is 0 Å². The van der Waals surface area contributed by atoms with Crippen LogP contribution in [0, 0.1) is 5.41 Å². The molecule has 0 atom stereocenters. The molecule has 0 saturated heterocycles. The van der Waals surface area contributed by atoms with E-state index in [4.69, 9.17) is 23.4 Å². The second-order valence-electron chi connectivity index (χ2n) is 6.73. The molecule has 0 aromatic heterocycles. The topological polar surface area (TPSA) is 73.9 Å². The van der Waals surface area contributed by atoms with Crippen molar-refractivity contribution in [1.82, 2.24) is 10.6 Å². The molecule has 0 rings (SSSR count). The zero-order chi connectivity index (χ0) is 18.6. The number of allylic oxidation sites excluding steroid dienone is 2. The van der Waals surface area contributed by atoms with Gasteiger partial charge in [0.1, 0.15) is 0 Å². The van der Waals surface area contributed by atoms with E-state index in [1.54, 1.807) is 0 Å². The first-order chi connectivity index (χ1) is 12.2. The van der Waals surface area contributed by atoms with Gasteiger partial charge in [0, 0.05) is 6.54 Å². The van der Waals surface area contributed by atoms with E-state index in [0.717, 1.165) is 13.0 Å². The molecular weight excluding hydrogens is 328 g/mol. The van der Waals surface area contributed by atoms with E-state index < -0.39 is 0 Å². The van der Waals surface area contributed by atoms with Crippen LogP contribution >= 0.6 is 12.2 Å². The van der Waals surface area contributed by atoms with Gasteiger partial charge in [-0.1, -0.05) is 76.9 Å². The summed E-state index contributed by atoms with van der Waals surface area (Å²) in [6, 6.07) is 0. The number of thiocarbonyl (C=S) groups is 1. The highest BCUT2D eigenvalue weighted by molar-refractivity contribution is 7.80. The van der Waals surface area contributed by atoms with E-state index in [1.165, 1.54) is 83.5 Å². The molecule has 5 N–H and O–H groups in total. The fourth-order valence-electron chi connectivity index (χ4n) is 2.74. The van der Waals surface area contributed by atoms with Gasteiger partial charge in [-0.3, -0.25) is 5.41 Å². The van der Waals surface area contributed by atoms with Crippen LogP contribution < -0.4 is 16.4 Å². The largest absolute Gasteiger partial charge is 0.370 e. The van der Waals surface area contributed by atoms with Crippen LogP contribution in [-0.2, 0) is 0 Å². The average molecular weight is 369 g/mol. The molecule has 0 aliphatic rings. The van der Waals surface area contributed by atoms with Gasteiger partial charge < -0.3 is 16.4 Å². The Kier molecular flexibility index (Phi) is 18.4. The Morgan fingerprint density at radius 1 is 0.840 bits per heavy atom. The number of unbranched alkanes of at least 4 members (excludes halogenated alkanes) is 12. The van der Waals surface area contributed by atoms with E-state index in [-0.39, 0.29) is 5.96 Å². The van der Waals surface area contributed by atoms with Crippen LogP contribution in [0.5, 0.6) is 0 Å². The third-order valence-electron chi connectivity index (χ3n) is 4.22. The lowest BCUT2D eigenvalue weighted by atomic mass is 10.1. The maximum Gasteiger partial charge on any atom is 0.192 e. The molecule has 0 spiro atoms. The molecule has 0 aliphatic carbocycles. The van der Waals surface area contributed by atoms with Crippen molar-refractivity contribution in [2.45, 2.75) is 96.8 Å². The highest BCUT2D eigenvalue weighted by Crippen LogP contribution is 2.09.